The third-order valence-electron chi connectivity index (χ3n) is 2.80. The molecule has 0 unspecified atom stereocenters. The van der Waals surface area contributed by atoms with E-state index in [9.17, 15) is 13.2 Å². The molecule has 2 rings (SSSR count). The zero-order valence-electron chi connectivity index (χ0n) is 11.0. The van der Waals surface area contributed by atoms with E-state index in [0.29, 0.717) is 12.0 Å². The van der Waals surface area contributed by atoms with Crippen molar-refractivity contribution in [2.75, 3.05) is 6.26 Å². The van der Waals surface area contributed by atoms with Crippen LogP contribution in [0.25, 0.3) is 0 Å². The molecule has 0 N–H and O–H groups in total. The third-order valence-corrected chi connectivity index (χ3v) is 4.00. The van der Waals surface area contributed by atoms with Crippen molar-refractivity contribution in [2.45, 2.75) is 13.1 Å². The number of carbonyl (C=O) groups excluding carboxylic acids is 1. The van der Waals surface area contributed by atoms with Gasteiger partial charge in [0, 0.05) is 6.54 Å². The van der Waals surface area contributed by atoms with Crippen LogP contribution >= 0.6 is 0 Å². The lowest BCUT2D eigenvalue weighted by Crippen LogP contribution is -2.28. The second-order valence-corrected chi connectivity index (χ2v) is 6.42. The molecule has 1 aromatic carbocycles. The van der Waals surface area contributed by atoms with Crippen molar-refractivity contribution in [3.8, 4) is 0 Å². The Balaban J connectivity index is 2.18. The molecule has 0 aliphatic rings. The van der Waals surface area contributed by atoms with Crippen molar-refractivity contribution in [2.24, 2.45) is 0 Å². The highest BCUT2D eigenvalue weighted by atomic mass is 32.2. The number of nitrogens with zero attached hydrogens (tertiary/aromatic N) is 1. The van der Waals surface area contributed by atoms with Crippen LogP contribution < -0.4 is 0 Å². The fourth-order valence-electron chi connectivity index (χ4n) is 1.79. The van der Waals surface area contributed by atoms with Crippen LogP contribution in [0.2, 0.25) is 0 Å². The lowest BCUT2D eigenvalue weighted by atomic mass is 10.2. The molecule has 0 atom stereocenters. The molecule has 106 valence electrons. The maximum Gasteiger partial charge on any atom is 0.211 e. The SMILES string of the molecule is CS(=O)(=O)N(Cc1ccccc1)Cc1ccc(C=O)o1. The van der Waals surface area contributed by atoms with E-state index in [1.807, 2.05) is 30.3 Å². The molecule has 1 heterocycles. The van der Waals surface area contributed by atoms with Crippen molar-refractivity contribution < 1.29 is 17.6 Å². The zero-order chi connectivity index (χ0) is 14.6. The Kier molecular flexibility index (Phi) is 4.36. The van der Waals surface area contributed by atoms with Crippen molar-refractivity contribution in [1.82, 2.24) is 4.31 Å². The summed E-state index contributed by atoms with van der Waals surface area (Å²) in [5, 5.41) is 0. The van der Waals surface area contributed by atoms with Crippen LogP contribution in [0.4, 0.5) is 0 Å². The minimum atomic E-state index is -3.37. The Morgan fingerprint density at radius 3 is 2.35 bits per heavy atom. The van der Waals surface area contributed by atoms with E-state index < -0.39 is 10.0 Å². The molecule has 0 fully saturated rings. The Hall–Kier alpha value is -1.92. The van der Waals surface area contributed by atoms with Crippen LogP contribution in [0.1, 0.15) is 21.9 Å². The average molecular weight is 293 g/mol. The van der Waals surface area contributed by atoms with Gasteiger partial charge in [-0.1, -0.05) is 30.3 Å². The summed E-state index contributed by atoms with van der Waals surface area (Å²) in [6, 6.07) is 12.4. The number of carbonyl (C=O) groups is 1. The summed E-state index contributed by atoms with van der Waals surface area (Å²) in [6.45, 7) is 0.359. The third kappa shape index (κ3) is 3.79. The molecule has 0 bridgehead atoms. The van der Waals surface area contributed by atoms with Gasteiger partial charge in [0.2, 0.25) is 10.0 Å². The Morgan fingerprint density at radius 1 is 1.10 bits per heavy atom. The first kappa shape index (κ1) is 14.5. The van der Waals surface area contributed by atoms with E-state index in [4.69, 9.17) is 4.42 Å². The summed E-state index contributed by atoms with van der Waals surface area (Å²) >= 11 is 0. The van der Waals surface area contributed by atoms with Crippen LogP contribution in [0.15, 0.2) is 46.9 Å². The zero-order valence-corrected chi connectivity index (χ0v) is 11.8. The van der Waals surface area contributed by atoms with Crippen molar-refractivity contribution in [3.63, 3.8) is 0 Å². The van der Waals surface area contributed by atoms with E-state index in [1.165, 1.54) is 10.4 Å². The van der Waals surface area contributed by atoms with E-state index in [0.717, 1.165) is 11.8 Å². The maximum atomic E-state index is 11.8. The summed E-state index contributed by atoms with van der Waals surface area (Å²) in [5.74, 6) is 0.626. The van der Waals surface area contributed by atoms with E-state index in [1.54, 1.807) is 6.07 Å². The summed E-state index contributed by atoms with van der Waals surface area (Å²) in [5.41, 5.74) is 0.889. The van der Waals surface area contributed by atoms with Crippen molar-refractivity contribution in [1.29, 1.82) is 0 Å². The number of furan rings is 1. The van der Waals surface area contributed by atoms with Gasteiger partial charge in [0.25, 0.3) is 0 Å². The predicted molar refractivity (Wildman–Crippen MR) is 74.6 cm³/mol. The van der Waals surface area contributed by atoms with Crippen molar-refractivity contribution in [3.05, 3.63) is 59.5 Å². The standard InChI is InChI=1S/C14H15NO4S/c1-20(17,18)15(9-12-5-3-2-4-6-12)10-13-7-8-14(11-16)19-13/h2-8,11H,9-10H2,1H3. The minimum absolute atomic E-state index is 0.0988. The Labute approximate surface area is 117 Å². The normalized spacial score (nSPS) is 11.7. The average Bonchev–Trinajstić information content (AvgIpc) is 2.86. The van der Waals surface area contributed by atoms with Gasteiger partial charge in [0.15, 0.2) is 12.0 Å². The van der Waals surface area contributed by atoms with Gasteiger partial charge in [0.1, 0.15) is 5.76 Å². The van der Waals surface area contributed by atoms with Gasteiger partial charge in [-0.15, -0.1) is 0 Å². The van der Waals surface area contributed by atoms with E-state index in [-0.39, 0.29) is 18.8 Å². The first-order valence-corrected chi connectivity index (χ1v) is 7.87. The predicted octanol–water partition coefficient (Wildman–Crippen LogP) is 2.05. The van der Waals surface area contributed by atoms with Gasteiger partial charge in [-0.05, 0) is 17.7 Å². The number of hydrogen-bond donors (Lipinski definition) is 0. The fraction of sp³-hybridized carbons (Fsp3) is 0.214. The molecular weight excluding hydrogens is 278 g/mol. The quantitative estimate of drug-likeness (QED) is 0.764. The number of benzene rings is 1. The first-order valence-electron chi connectivity index (χ1n) is 6.02. The largest absolute Gasteiger partial charge is 0.457 e. The highest BCUT2D eigenvalue weighted by Gasteiger charge is 2.19. The second kappa shape index (κ2) is 6.02. The maximum absolute atomic E-state index is 11.8. The highest BCUT2D eigenvalue weighted by Crippen LogP contribution is 2.15. The second-order valence-electron chi connectivity index (χ2n) is 4.44. The number of rotatable bonds is 6. The number of hydrogen-bond acceptors (Lipinski definition) is 4. The summed E-state index contributed by atoms with van der Waals surface area (Å²) in [6.07, 6.45) is 1.74. The van der Waals surface area contributed by atoms with Gasteiger partial charge >= 0.3 is 0 Å². The Bertz CT molecular complexity index is 676. The van der Waals surface area contributed by atoms with Crippen molar-refractivity contribution >= 4 is 16.3 Å². The summed E-state index contributed by atoms with van der Waals surface area (Å²) in [7, 11) is -3.37. The molecule has 0 aliphatic heterocycles. The van der Waals surface area contributed by atoms with Gasteiger partial charge in [-0.2, -0.15) is 4.31 Å². The van der Waals surface area contributed by atoms with Crippen LogP contribution in [-0.2, 0) is 23.1 Å². The Morgan fingerprint density at radius 2 is 1.80 bits per heavy atom. The molecular formula is C14H15NO4S. The highest BCUT2D eigenvalue weighted by molar-refractivity contribution is 7.88. The van der Waals surface area contributed by atoms with Crippen LogP contribution in [0.5, 0.6) is 0 Å². The molecule has 1 aromatic heterocycles. The summed E-state index contributed by atoms with van der Waals surface area (Å²) in [4.78, 5) is 10.6. The van der Waals surface area contributed by atoms with Gasteiger partial charge in [-0.3, -0.25) is 4.79 Å². The van der Waals surface area contributed by atoms with Gasteiger partial charge in [-0.25, -0.2) is 8.42 Å². The van der Waals surface area contributed by atoms with E-state index >= 15 is 0 Å². The molecule has 5 nitrogen and oxygen atoms in total. The van der Waals surface area contributed by atoms with Crippen LogP contribution in [-0.4, -0.2) is 25.3 Å². The molecule has 6 heteroatoms. The minimum Gasteiger partial charge on any atom is -0.457 e. The van der Waals surface area contributed by atoms with E-state index in [2.05, 4.69) is 0 Å². The smallest absolute Gasteiger partial charge is 0.211 e. The lowest BCUT2D eigenvalue weighted by molar-refractivity contribution is 0.109. The molecule has 2 aromatic rings. The van der Waals surface area contributed by atoms with Crippen LogP contribution in [0.3, 0.4) is 0 Å². The number of aldehydes is 1. The first-order chi connectivity index (χ1) is 9.49. The molecule has 0 aliphatic carbocycles. The molecule has 0 radical (unpaired) electrons. The molecule has 0 amide bonds. The van der Waals surface area contributed by atoms with Gasteiger partial charge in [0.05, 0.1) is 12.8 Å². The number of sulfonamides is 1. The van der Waals surface area contributed by atoms with Crippen LogP contribution in [0, 0.1) is 0 Å². The molecule has 20 heavy (non-hydrogen) atoms. The monoisotopic (exact) mass is 293 g/mol. The molecule has 0 saturated heterocycles. The summed E-state index contributed by atoms with van der Waals surface area (Å²) < 4.78 is 30.2. The lowest BCUT2D eigenvalue weighted by Gasteiger charge is -2.18. The van der Waals surface area contributed by atoms with Gasteiger partial charge < -0.3 is 4.42 Å². The fourth-order valence-corrected chi connectivity index (χ4v) is 2.54. The topological polar surface area (TPSA) is 67.6 Å². The molecule has 0 saturated carbocycles. The molecule has 0 spiro atoms.